The summed E-state index contributed by atoms with van der Waals surface area (Å²) in [6, 6.07) is 6.15. The van der Waals surface area contributed by atoms with Crippen molar-refractivity contribution >= 4 is 33.0 Å². The van der Waals surface area contributed by atoms with Crippen LogP contribution in [-0.4, -0.2) is 12.5 Å². The van der Waals surface area contributed by atoms with E-state index in [1.54, 1.807) is 0 Å². The largest absolute Gasteiger partial charge is 0.397 e. The van der Waals surface area contributed by atoms with Crippen molar-refractivity contribution in [3.05, 3.63) is 28.6 Å². The van der Waals surface area contributed by atoms with Crippen LogP contribution in [0.25, 0.3) is 10.1 Å². The van der Waals surface area contributed by atoms with E-state index in [0.29, 0.717) is 10.6 Å². The predicted molar refractivity (Wildman–Crippen MR) is 89.9 cm³/mol. The second-order valence-corrected chi connectivity index (χ2v) is 7.09. The molecule has 1 aromatic carbocycles. The highest BCUT2D eigenvalue weighted by atomic mass is 32.1. The molecule has 1 aliphatic carbocycles. The maximum absolute atomic E-state index is 12.3. The van der Waals surface area contributed by atoms with Gasteiger partial charge in [-0.3, -0.25) is 4.79 Å². The van der Waals surface area contributed by atoms with Crippen LogP contribution in [0.2, 0.25) is 0 Å². The number of nitrogens with two attached hydrogens (primary N) is 1. The number of fused-ring (bicyclic) bond motifs is 1. The van der Waals surface area contributed by atoms with Gasteiger partial charge in [0, 0.05) is 16.6 Å². The van der Waals surface area contributed by atoms with E-state index in [9.17, 15) is 4.79 Å². The minimum Gasteiger partial charge on any atom is -0.397 e. The summed E-state index contributed by atoms with van der Waals surface area (Å²) in [5.41, 5.74) is 7.94. The monoisotopic (exact) mass is 302 g/mol. The molecule has 4 heteroatoms. The van der Waals surface area contributed by atoms with E-state index in [1.165, 1.54) is 42.6 Å². The third-order valence-corrected chi connectivity index (χ3v) is 5.59. The number of nitrogen functional groups attached to an aromatic ring is 1. The quantitative estimate of drug-likeness (QED) is 0.893. The number of hydrogen-bond acceptors (Lipinski definition) is 3. The van der Waals surface area contributed by atoms with Crippen LogP contribution in [0.4, 0.5) is 5.69 Å². The molecule has 1 aliphatic rings. The first kappa shape index (κ1) is 14.4. The molecule has 0 unspecified atom stereocenters. The van der Waals surface area contributed by atoms with Crippen LogP contribution in [0, 0.1) is 12.8 Å². The van der Waals surface area contributed by atoms with Crippen LogP contribution in [0.15, 0.2) is 18.2 Å². The van der Waals surface area contributed by atoms with Crippen molar-refractivity contribution < 1.29 is 4.79 Å². The molecule has 0 aliphatic heterocycles. The summed E-state index contributed by atoms with van der Waals surface area (Å²) in [5.74, 6) is 0.775. The Bertz CT molecular complexity index is 656. The Balaban J connectivity index is 1.67. The summed E-state index contributed by atoms with van der Waals surface area (Å²) in [5, 5.41) is 4.03. The third-order valence-electron chi connectivity index (χ3n) is 4.40. The lowest BCUT2D eigenvalue weighted by molar-refractivity contribution is 0.0956. The molecule has 112 valence electrons. The number of amides is 1. The smallest absolute Gasteiger partial charge is 0.263 e. The highest BCUT2D eigenvalue weighted by Crippen LogP contribution is 2.34. The topological polar surface area (TPSA) is 55.1 Å². The third kappa shape index (κ3) is 3.05. The molecule has 1 aromatic heterocycles. The van der Waals surface area contributed by atoms with Gasteiger partial charge >= 0.3 is 0 Å². The molecule has 3 N–H and O–H groups in total. The van der Waals surface area contributed by atoms with Gasteiger partial charge in [-0.25, -0.2) is 0 Å². The van der Waals surface area contributed by atoms with Crippen molar-refractivity contribution in [2.45, 2.75) is 39.0 Å². The van der Waals surface area contributed by atoms with Crippen molar-refractivity contribution in [1.29, 1.82) is 0 Å². The van der Waals surface area contributed by atoms with Gasteiger partial charge in [-0.2, -0.15) is 0 Å². The minimum atomic E-state index is -0.0237. The van der Waals surface area contributed by atoms with E-state index in [0.717, 1.165) is 29.0 Å². The van der Waals surface area contributed by atoms with E-state index in [-0.39, 0.29) is 5.91 Å². The Morgan fingerprint density at radius 3 is 2.90 bits per heavy atom. The number of hydrogen-bond donors (Lipinski definition) is 2. The van der Waals surface area contributed by atoms with E-state index >= 15 is 0 Å². The lowest BCUT2D eigenvalue weighted by Gasteiger charge is -2.09. The number of carbonyl (C=O) groups is 1. The highest BCUT2D eigenvalue weighted by molar-refractivity contribution is 7.21. The lowest BCUT2D eigenvalue weighted by atomic mass is 10.0. The average Bonchev–Trinajstić information content (AvgIpc) is 3.08. The molecule has 0 radical (unpaired) electrons. The van der Waals surface area contributed by atoms with Gasteiger partial charge in [-0.1, -0.05) is 37.3 Å². The number of anilines is 1. The molecule has 3 rings (SSSR count). The number of rotatable bonds is 4. The lowest BCUT2D eigenvalue weighted by Crippen LogP contribution is -2.25. The molecule has 1 amide bonds. The molecule has 1 saturated carbocycles. The molecule has 0 bridgehead atoms. The zero-order valence-electron chi connectivity index (χ0n) is 12.4. The van der Waals surface area contributed by atoms with E-state index < -0.39 is 0 Å². The fourth-order valence-corrected chi connectivity index (χ4v) is 4.19. The second-order valence-electron chi connectivity index (χ2n) is 6.04. The number of benzene rings is 1. The molecule has 0 atom stereocenters. The average molecular weight is 302 g/mol. The Morgan fingerprint density at radius 2 is 2.14 bits per heavy atom. The number of nitrogens with one attached hydrogen (secondary N) is 1. The van der Waals surface area contributed by atoms with Gasteiger partial charge in [-0.05, 0) is 31.4 Å². The maximum Gasteiger partial charge on any atom is 0.263 e. The predicted octanol–water partition coefficient (Wildman–Crippen LogP) is 4.10. The van der Waals surface area contributed by atoms with Gasteiger partial charge in [0.15, 0.2) is 0 Å². The van der Waals surface area contributed by atoms with E-state index in [1.807, 2.05) is 13.0 Å². The van der Waals surface area contributed by atoms with Crippen LogP contribution in [-0.2, 0) is 0 Å². The first-order chi connectivity index (χ1) is 10.1. The first-order valence-corrected chi connectivity index (χ1v) is 8.53. The fraction of sp³-hybridized carbons (Fsp3) is 0.471. The minimum absolute atomic E-state index is 0.0237. The molecular formula is C17H22N2OS. The van der Waals surface area contributed by atoms with Crippen LogP contribution in [0.5, 0.6) is 0 Å². The zero-order valence-corrected chi connectivity index (χ0v) is 13.3. The van der Waals surface area contributed by atoms with Crippen molar-refractivity contribution in [3.63, 3.8) is 0 Å². The van der Waals surface area contributed by atoms with E-state index in [2.05, 4.69) is 17.4 Å². The number of carbonyl (C=O) groups excluding carboxylic acids is 1. The number of thiophene rings is 1. The van der Waals surface area contributed by atoms with Gasteiger partial charge < -0.3 is 11.1 Å². The molecular weight excluding hydrogens is 280 g/mol. The molecule has 2 aromatic rings. The van der Waals surface area contributed by atoms with Crippen LogP contribution in [0.1, 0.15) is 47.3 Å². The molecule has 1 fully saturated rings. The second kappa shape index (κ2) is 6.06. The van der Waals surface area contributed by atoms with Gasteiger partial charge in [0.2, 0.25) is 0 Å². The fourth-order valence-electron chi connectivity index (χ4n) is 3.17. The normalized spacial score (nSPS) is 15.7. The Hall–Kier alpha value is -1.55. The van der Waals surface area contributed by atoms with Crippen LogP contribution in [0.3, 0.4) is 0 Å². The molecule has 0 saturated heterocycles. The van der Waals surface area contributed by atoms with Gasteiger partial charge in [0.05, 0.1) is 5.69 Å². The van der Waals surface area contributed by atoms with Crippen LogP contribution < -0.4 is 11.1 Å². The Labute approximate surface area is 129 Å². The van der Waals surface area contributed by atoms with E-state index in [4.69, 9.17) is 5.73 Å². The molecule has 3 nitrogen and oxygen atoms in total. The summed E-state index contributed by atoms with van der Waals surface area (Å²) in [4.78, 5) is 13.0. The molecule has 0 spiro atoms. The van der Waals surface area contributed by atoms with Crippen LogP contribution >= 0.6 is 11.3 Å². The summed E-state index contributed by atoms with van der Waals surface area (Å²) in [6.07, 6.45) is 6.43. The van der Waals surface area contributed by atoms with Gasteiger partial charge in [0.1, 0.15) is 4.88 Å². The van der Waals surface area contributed by atoms with Crippen molar-refractivity contribution in [2.75, 3.05) is 12.3 Å². The zero-order chi connectivity index (χ0) is 14.8. The van der Waals surface area contributed by atoms with Gasteiger partial charge in [-0.15, -0.1) is 11.3 Å². The summed E-state index contributed by atoms with van der Waals surface area (Å²) in [6.45, 7) is 2.80. The summed E-state index contributed by atoms with van der Waals surface area (Å²) in [7, 11) is 0. The van der Waals surface area contributed by atoms with Crippen molar-refractivity contribution in [1.82, 2.24) is 5.32 Å². The van der Waals surface area contributed by atoms with Gasteiger partial charge in [0.25, 0.3) is 5.91 Å². The molecule has 21 heavy (non-hydrogen) atoms. The summed E-state index contributed by atoms with van der Waals surface area (Å²) >= 11 is 1.49. The Kier molecular flexibility index (Phi) is 4.15. The standard InChI is InChI=1S/C17H22N2OS/c1-11-6-7-14-13(10-11)15(18)16(21-14)17(20)19-9-8-12-4-2-3-5-12/h6-7,10,12H,2-5,8-9,18H2,1H3,(H,19,20). The first-order valence-electron chi connectivity index (χ1n) is 7.72. The van der Waals surface area contributed by atoms with Crippen molar-refractivity contribution in [2.24, 2.45) is 5.92 Å². The maximum atomic E-state index is 12.3. The highest BCUT2D eigenvalue weighted by Gasteiger charge is 2.18. The number of aryl methyl sites for hydroxylation is 1. The summed E-state index contributed by atoms with van der Waals surface area (Å²) < 4.78 is 1.08. The van der Waals surface area contributed by atoms with Crippen molar-refractivity contribution in [3.8, 4) is 0 Å². The molecule has 1 heterocycles. The Morgan fingerprint density at radius 1 is 1.38 bits per heavy atom. The SMILES string of the molecule is Cc1ccc2sc(C(=O)NCCC3CCCC3)c(N)c2c1.